The zero-order chi connectivity index (χ0) is 18.9. The molecule has 7 heteroatoms. The molecule has 0 radical (unpaired) electrons. The van der Waals surface area contributed by atoms with E-state index in [1.165, 1.54) is 24.3 Å². The summed E-state index contributed by atoms with van der Waals surface area (Å²) in [7, 11) is -3.75. The van der Waals surface area contributed by atoms with Crippen LogP contribution in [0.4, 0.5) is 5.69 Å². The van der Waals surface area contributed by atoms with Crippen LogP contribution in [0, 0.1) is 11.3 Å². The molecule has 0 unspecified atom stereocenters. The lowest BCUT2D eigenvalue weighted by Crippen LogP contribution is -2.13. The second-order valence-corrected chi connectivity index (χ2v) is 7.58. The number of sulfonamides is 1. The summed E-state index contributed by atoms with van der Waals surface area (Å²) >= 11 is 0. The van der Waals surface area contributed by atoms with Gasteiger partial charge < -0.3 is 0 Å². The highest BCUT2D eigenvalue weighted by Gasteiger charge is 2.14. The maximum atomic E-state index is 12.6. The number of aromatic nitrogens is 2. The number of benzene rings is 3. The Balaban J connectivity index is 1.67. The van der Waals surface area contributed by atoms with Crippen LogP contribution in [-0.4, -0.2) is 18.0 Å². The van der Waals surface area contributed by atoms with Crippen molar-refractivity contribution in [1.29, 1.82) is 5.26 Å². The van der Waals surface area contributed by atoms with Gasteiger partial charge in [-0.3, -0.25) is 9.29 Å². The Morgan fingerprint density at radius 1 is 0.963 bits per heavy atom. The van der Waals surface area contributed by atoms with Gasteiger partial charge in [-0.15, -0.1) is 0 Å². The Morgan fingerprint density at radius 3 is 2.52 bits per heavy atom. The smallest absolute Gasteiger partial charge is 0.261 e. The van der Waals surface area contributed by atoms with Gasteiger partial charge in [0.05, 0.1) is 33.2 Å². The van der Waals surface area contributed by atoms with Crippen molar-refractivity contribution >= 4 is 26.7 Å². The van der Waals surface area contributed by atoms with Gasteiger partial charge >= 0.3 is 0 Å². The maximum absolute atomic E-state index is 12.6. The van der Waals surface area contributed by atoms with Crippen molar-refractivity contribution in [3.8, 4) is 11.8 Å². The third kappa shape index (κ3) is 3.26. The van der Waals surface area contributed by atoms with Gasteiger partial charge in [0.15, 0.2) is 0 Å². The van der Waals surface area contributed by atoms with Crippen molar-refractivity contribution in [2.75, 3.05) is 4.72 Å². The molecule has 27 heavy (non-hydrogen) atoms. The molecule has 1 heterocycles. The molecule has 0 saturated carbocycles. The van der Waals surface area contributed by atoms with Crippen LogP contribution in [0.25, 0.3) is 16.7 Å². The van der Waals surface area contributed by atoms with Crippen LogP contribution in [-0.2, 0) is 10.0 Å². The van der Waals surface area contributed by atoms with E-state index in [1.807, 2.05) is 41.0 Å². The first-order chi connectivity index (χ1) is 13.1. The number of nitrogens with one attached hydrogen (secondary N) is 1. The Hall–Kier alpha value is -3.63. The minimum Gasteiger partial charge on any atom is -0.299 e. The summed E-state index contributed by atoms with van der Waals surface area (Å²) < 4.78 is 29.7. The number of hydrogen-bond donors (Lipinski definition) is 1. The molecule has 0 aliphatic heterocycles. The molecule has 0 saturated heterocycles. The lowest BCUT2D eigenvalue weighted by Gasteiger charge is -2.10. The molecule has 0 aliphatic rings. The Labute approximate surface area is 156 Å². The molecule has 0 atom stereocenters. The van der Waals surface area contributed by atoms with E-state index in [0.717, 1.165) is 16.7 Å². The van der Waals surface area contributed by atoms with E-state index in [4.69, 9.17) is 5.26 Å². The van der Waals surface area contributed by atoms with Crippen LogP contribution in [0.2, 0.25) is 0 Å². The number of fused-ring (bicyclic) bond motifs is 1. The number of anilines is 1. The summed E-state index contributed by atoms with van der Waals surface area (Å²) in [5, 5.41) is 8.84. The van der Waals surface area contributed by atoms with E-state index in [-0.39, 0.29) is 4.90 Å². The van der Waals surface area contributed by atoms with Crippen molar-refractivity contribution in [3.05, 3.63) is 84.7 Å². The number of nitrogens with zero attached hydrogens (tertiary/aromatic N) is 3. The molecule has 3 aromatic carbocycles. The predicted molar refractivity (Wildman–Crippen MR) is 103 cm³/mol. The van der Waals surface area contributed by atoms with Gasteiger partial charge in [0.25, 0.3) is 10.0 Å². The highest BCUT2D eigenvalue weighted by molar-refractivity contribution is 7.92. The second kappa shape index (κ2) is 6.59. The van der Waals surface area contributed by atoms with Gasteiger partial charge in [-0.1, -0.05) is 18.2 Å². The highest BCUT2D eigenvalue weighted by Crippen LogP contribution is 2.22. The monoisotopic (exact) mass is 374 g/mol. The van der Waals surface area contributed by atoms with Crippen molar-refractivity contribution in [2.45, 2.75) is 4.90 Å². The molecular formula is C20H14N4O2S. The summed E-state index contributed by atoms with van der Waals surface area (Å²) in [6.07, 6.45) is 1.71. The van der Waals surface area contributed by atoms with E-state index in [9.17, 15) is 8.42 Å². The first-order valence-corrected chi connectivity index (χ1v) is 9.61. The molecule has 4 rings (SSSR count). The third-order valence-electron chi connectivity index (χ3n) is 4.12. The van der Waals surface area contributed by atoms with Gasteiger partial charge in [0.2, 0.25) is 0 Å². The molecule has 0 fully saturated rings. The fourth-order valence-corrected chi connectivity index (χ4v) is 3.86. The molecular weight excluding hydrogens is 360 g/mol. The van der Waals surface area contributed by atoms with Crippen LogP contribution in [0.15, 0.2) is 84.0 Å². The standard InChI is InChI=1S/C20H14N4O2S/c21-13-15-8-10-18(11-9-15)27(25,26)23-16-4-3-5-17(12-16)24-14-22-19-6-1-2-7-20(19)24/h1-12,14,23H. The van der Waals surface area contributed by atoms with Crippen LogP contribution >= 0.6 is 0 Å². The largest absolute Gasteiger partial charge is 0.299 e. The van der Waals surface area contributed by atoms with Crippen molar-refractivity contribution in [1.82, 2.24) is 9.55 Å². The summed E-state index contributed by atoms with van der Waals surface area (Å²) in [6, 6.07) is 22.6. The van der Waals surface area contributed by atoms with Crippen LogP contribution in [0.3, 0.4) is 0 Å². The van der Waals surface area contributed by atoms with Crippen LogP contribution in [0.5, 0.6) is 0 Å². The number of imidazole rings is 1. The minimum absolute atomic E-state index is 0.0972. The number of rotatable bonds is 4. The molecule has 4 aromatic rings. The topological polar surface area (TPSA) is 87.8 Å². The Morgan fingerprint density at radius 2 is 1.74 bits per heavy atom. The Bertz CT molecular complexity index is 1270. The SMILES string of the molecule is N#Cc1ccc(S(=O)(=O)Nc2cccc(-n3cnc4ccccc43)c2)cc1. The summed E-state index contributed by atoms with van der Waals surface area (Å²) in [5.41, 5.74) is 3.44. The molecule has 132 valence electrons. The van der Waals surface area contributed by atoms with Gasteiger partial charge in [-0.2, -0.15) is 5.26 Å². The molecule has 1 N–H and O–H groups in total. The minimum atomic E-state index is -3.75. The normalized spacial score (nSPS) is 11.2. The molecule has 1 aromatic heterocycles. The predicted octanol–water partition coefficient (Wildman–Crippen LogP) is 3.70. The van der Waals surface area contributed by atoms with Gasteiger partial charge in [-0.05, 0) is 54.6 Å². The van der Waals surface area contributed by atoms with E-state index in [2.05, 4.69) is 9.71 Å². The number of hydrogen-bond acceptors (Lipinski definition) is 4. The quantitative estimate of drug-likeness (QED) is 0.590. The van der Waals surface area contributed by atoms with E-state index in [0.29, 0.717) is 11.3 Å². The van der Waals surface area contributed by atoms with Crippen molar-refractivity contribution < 1.29 is 8.42 Å². The van der Waals surface area contributed by atoms with E-state index >= 15 is 0 Å². The van der Waals surface area contributed by atoms with Crippen LogP contribution < -0.4 is 4.72 Å². The fourth-order valence-electron chi connectivity index (χ4n) is 2.81. The van der Waals surface area contributed by atoms with Gasteiger partial charge in [-0.25, -0.2) is 13.4 Å². The zero-order valence-electron chi connectivity index (χ0n) is 14.1. The number of nitriles is 1. The summed E-state index contributed by atoms with van der Waals surface area (Å²) in [5.74, 6) is 0. The molecule has 0 aliphatic carbocycles. The van der Waals surface area contributed by atoms with Crippen molar-refractivity contribution in [3.63, 3.8) is 0 Å². The zero-order valence-corrected chi connectivity index (χ0v) is 14.9. The second-order valence-electron chi connectivity index (χ2n) is 5.90. The lowest BCUT2D eigenvalue weighted by atomic mass is 10.2. The molecule has 0 spiro atoms. The Kier molecular flexibility index (Phi) is 4.11. The van der Waals surface area contributed by atoms with Gasteiger partial charge in [0, 0.05) is 5.69 Å². The first kappa shape index (κ1) is 16.8. The maximum Gasteiger partial charge on any atom is 0.261 e. The van der Waals surface area contributed by atoms with Crippen LogP contribution in [0.1, 0.15) is 5.56 Å². The summed E-state index contributed by atoms with van der Waals surface area (Å²) in [4.78, 5) is 4.46. The molecule has 0 bridgehead atoms. The number of para-hydroxylation sites is 2. The molecule has 6 nitrogen and oxygen atoms in total. The first-order valence-electron chi connectivity index (χ1n) is 8.12. The van der Waals surface area contributed by atoms with Crippen molar-refractivity contribution in [2.24, 2.45) is 0 Å². The van der Waals surface area contributed by atoms with E-state index in [1.54, 1.807) is 24.5 Å². The third-order valence-corrected chi connectivity index (χ3v) is 5.52. The average Bonchev–Trinajstić information content (AvgIpc) is 3.12. The summed E-state index contributed by atoms with van der Waals surface area (Å²) in [6.45, 7) is 0. The molecule has 0 amide bonds. The lowest BCUT2D eigenvalue weighted by molar-refractivity contribution is 0.601. The average molecular weight is 374 g/mol. The fraction of sp³-hybridized carbons (Fsp3) is 0. The highest BCUT2D eigenvalue weighted by atomic mass is 32.2. The van der Waals surface area contributed by atoms with Gasteiger partial charge in [0.1, 0.15) is 6.33 Å². The van der Waals surface area contributed by atoms with E-state index < -0.39 is 10.0 Å².